The van der Waals surface area contributed by atoms with E-state index in [0.29, 0.717) is 12.0 Å². The van der Waals surface area contributed by atoms with Crippen molar-refractivity contribution in [2.75, 3.05) is 47.4 Å². The van der Waals surface area contributed by atoms with E-state index in [9.17, 15) is 5.11 Å². The second kappa shape index (κ2) is 5.87. The zero-order chi connectivity index (χ0) is 13.2. The SMILES string of the molecule is CNC(CO)(CN1CCCC1CN(C)C)C1CC1. The minimum atomic E-state index is -0.0606. The number of likely N-dealkylation sites (tertiary alicyclic amines) is 1. The van der Waals surface area contributed by atoms with E-state index in [1.165, 1.54) is 32.2 Å². The monoisotopic (exact) mass is 255 g/mol. The van der Waals surface area contributed by atoms with Gasteiger partial charge in [-0.15, -0.1) is 0 Å². The molecule has 4 heteroatoms. The van der Waals surface area contributed by atoms with E-state index in [1.54, 1.807) is 0 Å². The Morgan fingerprint density at radius 3 is 2.56 bits per heavy atom. The summed E-state index contributed by atoms with van der Waals surface area (Å²) in [6.07, 6.45) is 5.14. The third-order valence-corrected chi connectivity index (χ3v) is 4.70. The Bertz CT molecular complexity index is 262. The van der Waals surface area contributed by atoms with Crippen LogP contribution in [0, 0.1) is 5.92 Å². The first-order chi connectivity index (χ1) is 8.61. The molecule has 0 radical (unpaired) electrons. The highest BCUT2D eigenvalue weighted by molar-refractivity contribution is 5.03. The molecule has 1 saturated carbocycles. The van der Waals surface area contributed by atoms with Gasteiger partial charge in [-0.25, -0.2) is 0 Å². The Labute approximate surface area is 111 Å². The Balaban J connectivity index is 1.97. The summed E-state index contributed by atoms with van der Waals surface area (Å²) in [6, 6.07) is 0.665. The molecule has 0 amide bonds. The average molecular weight is 255 g/mol. The van der Waals surface area contributed by atoms with Crippen molar-refractivity contribution in [3.8, 4) is 0 Å². The summed E-state index contributed by atoms with van der Waals surface area (Å²) in [5, 5.41) is 13.2. The molecule has 0 aromatic rings. The summed E-state index contributed by atoms with van der Waals surface area (Å²) < 4.78 is 0. The number of likely N-dealkylation sites (N-methyl/N-ethyl adjacent to an activating group) is 2. The van der Waals surface area contributed by atoms with Gasteiger partial charge in [-0.05, 0) is 59.3 Å². The standard InChI is InChI=1S/C14H29N3O/c1-15-14(11-18,12-6-7-12)10-17-8-4-5-13(17)9-16(2)3/h12-13,15,18H,4-11H2,1-3H3. The highest BCUT2D eigenvalue weighted by Gasteiger charge is 2.46. The van der Waals surface area contributed by atoms with Crippen LogP contribution in [0.2, 0.25) is 0 Å². The van der Waals surface area contributed by atoms with Crippen LogP contribution < -0.4 is 5.32 Å². The second-order valence-electron chi connectivity index (χ2n) is 6.37. The van der Waals surface area contributed by atoms with Gasteiger partial charge in [0.1, 0.15) is 0 Å². The van der Waals surface area contributed by atoms with Crippen molar-refractivity contribution in [2.45, 2.75) is 37.3 Å². The number of aliphatic hydroxyl groups excluding tert-OH is 1. The molecule has 1 aliphatic carbocycles. The van der Waals surface area contributed by atoms with Crippen LogP contribution in [0.5, 0.6) is 0 Å². The Hall–Kier alpha value is -0.160. The molecule has 0 bridgehead atoms. The molecule has 4 nitrogen and oxygen atoms in total. The van der Waals surface area contributed by atoms with Gasteiger partial charge < -0.3 is 15.3 Å². The second-order valence-corrected chi connectivity index (χ2v) is 6.37. The molecule has 2 fully saturated rings. The molecular formula is C14H29N3O. The summed E-state index contributed by atoms with van der Waals surface area (Å²) >= 11 is 0. The fourth-order valence-electron chi connectivity index (χ4n) is 3.40. The van der Waals surface area contributed by atoms with Crippen molar-refractivity contribution in [1.82, 2.24) is 15.1 Å². The van der Waals surface area contributed by atoms with Gasteiger partial charge in [0, 0.05) is 19.1 Å². The van der Waals surface area contributed by atoms with Crippen molar-refractivity contribution in [1.29, 1.82) is 0 Å². The summed E-state index contributed by atoms with van der Waals surface area (Å²) in [5.41, 5.74) is -0.0606. The maximum Gasteiger partial charge on any atom is 0.0628 e. The van der Waals surface area contributed by atoms with Crippen molar-refractivity contribution in [3.05, 3.63) is 0 Å². The first-order valence-corrected chi connectivity index (χ1v) is 7.30. The van der Waals surface area contributed by atoms with Gasteiger partial charge in [-0.3, -0.25) is 4.90 Å². The maximum absolute atomic E-state index is 9.82. The molecule has 0 aromatic heterocycles. The third-order valence-electron chi connectivity index (χ3n) is 4.70. The van der Waals surface area contributed by atoms with Crippen LogP contribution >= 0.6 is 0 Å². The van der Waals surface area contributed by atoms with E-state index < -0.39 is 0 Å². The van der Waals surface area contributed by atoms with E-state index in [2.05, 4.69) is 29.2 Å². The molecule has 18 heavy (non-hydrogen) atoms. The van der Waals surface area contributed by atoms with Crippen LogP contribution in [0.3, 0.4) is 0 Å². The predicted octanol–water partition coefficient (Wildman–Crippen LogP) is 0.373. The number of rotatable bonds is 7. The minimum absolute atomic E-state index is 0.0606. The first kappa shape index (κ1) is 14.3. The number of aliphatic hydroxyl groups is 1. The minimum Gasteiger partial charge on any atom is -0.394 e. The van der Waals surface area contributed by atoms with Gasteiger partial charge in [0.15, 0.2) is 0 Å². The van der Waals surface area contributed by atoms with E-state index in [0.717, 1.165) is 13.1 Å². The van der Waals surface area contributed by atoms with Gasteiger partial charge >= 0.3 is 0 Å². The fourth-order valence-corrected chi connectivity index (χ4v) is 3.40. The lowest BCUT2D eigenvalue weighted by Gasteiger charge is -2.38. The lowest BCUT2D eigenvalue weighted by molar-refractivity contribution is 0.0848. The van der Waals surface area contributed by atoms with Crippen molar-refractivity contribution in [2.24, 2.45) is 5.92 Å². The van der Waals surface area contributed by atoms with Crippen LogP contribution in [0.15, 0.2) is 0 Å². The van der Waals surface area contributed by atoms with Gasteiger partial charge in [0.05, 0.1) is 12.1 Å². The average Bonchev–Trinajstić information content (AvgIpc) is 3.11. The molecule has 2 atom stereocenters. The molecular weight excluding hydrogens is 226 g/mol. The van der Waals surface area contributed by atoms with E-state index >= 15 is 0 Å². The smallest absolute Gasteiger partial charge is 0.0628 e. The molecule has 2 aliphatic rings. The van der Waals surface area contributed by atoms with Crippen LogP contribution in [-0.2, 0) is 0 Å². The normalized spacial score (nSPS) is 28.8. The molecule has 1 saturated heterocycles. The highest BCUT2D eigenvalue weighted by atomic mass is 16.3. The van der Waals surface area contributed by atoms with E-state index in [4.69, 9.17) is 0 Å². The van der Waals surface area contributed by atoms with Crippen LogP contribution in [0.4, 0.5) is 0 Å². The number of hydrogen-bond donors (Lipinski definition) is 2. The van der Waals surface area contributed by atoms with Crippen molar-refractivity contribution in [3.63, 3.8) is 0 Å². The summed E-state index contributed by atoms with van der Waals surface area (Å²) in [5.74, 6) is 0.674. The van der Waals surface area contributed by atoms with Gasteiger partial charge in [-0.1, -0.05) is 0 Å². The molecule has 2 unspecified atom stereocenters. The largest absolute Gasteiger partial charge is 0.394 e. The molecule has 1 heterocycles. The van der Waals surface area contributed by atoms with Crippen molar-refractivity contribution < 1.29 is 5.11 Å². The molecule has 1 aliphatic heterocycles. The topological polar surface area (TPSA) is 38.7 Å². The Morgan fingerprint density at radius 1 is 1.33 bits per heavy atom. The lowest BCUT2D eigenvalue weighted by Crippen LogP contribution is -2.58. The number of hydrogen-bond acceptors (Lipinski definition) is 4. The van der Waals surface area contributed by atoms with Crippen molar-refractivity contribution >= 4 is 0 Å². The highest BCUT2D eigenvalue weighted by Crippen LogP contribution is 2.40. The number of nitrogens with one attached hydrogen (secondary N) is 1. The summed E-state index contributed by atoms with van der Waals surface area (Å²) in [7, 11) is 6.30. The molecule has 2 N–H and O–H groups in total. The first-order valence-electron chi connectivity index (χ1n) is 7.30. The molecule has 106 valence electrons. The zero-order valence-electron chi connectivity index (χ0n) is 12.2. The van der Waals surface area contributed by atoms with E-state index in [1.807, 2.05) is 7.05 Å². The van der Waals surface area contributed by atoms with Gasteiger partial charge in [0.25, 0.3) is 0 Å². The fraction of sp³-hybridized carbons (Fsp3) is 1.00. The Morgan fingerprint density at radius 2 is 2.06 bits per heavy atom. The van der Waals surface area contributed by atoms with E-state index in [-0.39, 0.29) is 12.1 Å². The quantitative estimate of drug-likeness (QED) is 0.689. The van der Waals surface area contributed by atoms with Gasteiger partial charge in [-0.2, -0.15) is 0 Å². The van der Waals surface area contributed by atoms with Gasteiger partial charge in [0.2, 0.25) is 0 Å². The summed E-state index contributed by atoms with van der Waals surface area (Å²) in [4.78, 5) is 4.87. The maximum atomic E-state index is 9.82. The molecule has 0 spiro atoms. The van der Waals surface area contributed by atoms with Crippen LogP contribution in [0.1, 0.15) is 25.7 Å². The molecule has 0 aromatic carbocycles. The third kappa shape index (κ3) is 3.05. The van der Waals surface area contributed by atoms with Crippen LogP contribution in [-0.4, -0.2) is 73.9 Å². The summed E-state index contributed by atoms with van der Waals surface area (Å²) in [6.45, 7) is 3.59. The number of nitrogens with zero attached hydrogens (tertiary/aromatic N) is 2. The van der Waals surface area contributed by atoms with Crippen LogP contribution in [0.25, 0.3) is 0 Å². The molecule has 2 rings (SSSR count). The lowest BCUT2D eigenvalue weighted by atomic mass is 9.93. The zero-order valence-corrected chi connectivity index (χ0v) is 12.2. The predicted molar refractivity (Wildman–Crippen MR) is 74.7 cm³/mol. The Kier molecular flexibility index (Phi) is 4.64.